The summed E-state index contributed by atoms with van der Waals surface area (Å²) in [5, 5.41) is 8.79. The lowest BCUT2D eigenvalue weighted by Crippen LogP contribution is -2.37. The number of hydrazone groups is 1. The van der Waals surface area contributed by atoms with Crippen LogP contribution in [0.2, 0.25) is 0 Å². The quantitative estimate of drug-likeness (QED) is 0.667. The van der Waals surface area contributed by atoms with Crippen LogP contribution in [0.1, 0.15) is 13.3 Å². The summed E-state index contributed by atoms with van der Waals surface area (Å²) in [5.41, 5.74) is 0.412. The van der Waals surface area contributed by atoms with Crippen molar-refractivity contribution >= 4 is 39.8 Å². The third-order valence-corrected chi connectivity index (χ3v) is 5.21. The first kappa shape index (κ1) is 20.2. The van der Waals surface area contributed by atoms with E-state index in [4.69, 9.17) is 0 Å². The molecular weight excluding hydrogens is 400 g/mol. The molecule has 158 valence electrons. The molecule has 1 unspecified atom stereocenters. The maximum absolute atomic E-state index is 12.8. The van der Waals surface area contributed by atoms with Crippen LogP contribution in [0.15, 0.2) is 57.3 Å². The second-order valence-electron chi connectivity index (χ2n) is 7.31. The van der Waals surface area contributed by atoms with E-state index in [0.29, 0.717) is 5.69 Å². The van der Waals surface area contributed by atoms with Gasteiger partial charge in [-0.25, -0.2) is 9.78 Å². The van der Waals surface area contributed by atoms with Crippen LogP contribution in [0.5, 0.6) is 0 Å². The normalized spacial score (nSPS) is 15.8. The van der Waals surface area contributed by atoms with Crippen molar-refractivity contribution in [2.75, 3.05) is 10.3 Å². The average molecular weight is 420 g/mol. The molecule has 0 radical (unpaired) electrons. The first-order valence-corrected chi connectivity index (χ1v) is 9.57. The maximum Gasteiger partial charge on any atom is 0.332 e. The molecule has 4 rings (SSSR count). The number of nitrogens with zero attached hydrogens (tertiary/aromatic N) is 5. The van der Waals surface area contributed by atoms with Gasteiger partial charge in [-0.05, 0) is 25.1 Å². The van der Waals surface area contributed by atoms with E-state index < -0.39 is 23.2 Å². The summed E-state index contributed by atoms with van der Waals surface area (Å²) < 4.78 is 2.24. The van der Waals surface area contributed by atoms with Crippen LogP contribution in [0.3, 0.4) is 0 Å². The Hall–Kier alpha value is -4.08. The van der Waals surface area contributed by atoms with Crippen molar-refractivity contribution in [2.24, 2.45) is 19.2 Å². The Balaban J connectivity index is 1.65. The van der Waals surface area contributed by atoms with E-state index in [1.165, 1.54) is 37.8 Å². The van der Waals surface area contributed by atoms with Gasteiger partial charge in [0.05, 0.1) is 23.0 Å². The molecule has 3 aromatic rings. The SMILES string of the molecule is CC(=O)C1CC(C(=O)Nc2cnc3c(c2)c(=O)n(C)c(=O)n3C)=NN1c1ccccc1. The Labute approximate surface area is 176 Å². The zero-order valence-electron chi connectivity index (χ0n) is 17.2. The van der Waals surface area contributed by atoms with Gasteiger partial charge >= 0.3 is 5.69 Å². The highest BCUT2D eigenvalue weighted by Gasteiger charge is 2.34. The molecule has 1 N–H and O–H groups in total. The predicted octanol–water partition coefficient (Wildman–Crippen LogP) is 0.795. The molecule has 2 aromatic heterocycles. The van der Waals surface area contributed by atoms with Gasteiger partial charge < -0.3 is 5.32 Å². The highest BCUT2D eigenvalue weighted by Crippen LogP contribution is 2.25. The van der Waals surface area contributed by atoms with Gasteiger partial charge in [0.2, 0.25) is 0 Å². The molecule has 1 aromatic carbocycles. The second kappa shape index (κ2) is 7.63. The summed E-state index contributed by atoms with van der Waals surface area (Å²) in [5.74, 6) is -0.598. The number of Topliss-reactive ketones (excluding diaryl/α,β-unsaturated/α-hetero) is 1. The topological polar surface area (TPSA) is 119 Å². The average Bonchev–Trinajstić information content (AvgIpc) is 3.23. The Kier molecular flexibility index (Phi) is 4.97. The van der Waals surface area contributed by atoms with Crippen LogP contribution in [0.4, 0.5) is 11.4 Å². The van der Waals surface area contributed by atoms with Crippen molar-refractivity contribution in [2.45, 2.75) is 19.4 Å². The molecular formula is C21H20N6O4. The number of hydrogen-bond donors (Lipinski definition) is 1. The van der Waals surface area contributed by atoms with Crippen molar-refractivity contribution in [3.63, 3.8) is 0 Å². The molecule has 0 bridgehead atoms. The van der Waals surface area contributed by atoms with Gasteiger partial charge in [-0.1, -0.05) is 18.2 Å². The zero-order chi connectivity index (χ0) is 22.3. The van der Waals surface area contributed by atoms with Crippen LogP contribution in [0.25, 0.3) is 11.0 Å². The minimum Gasteiger partial charge on any atom is -0.319 e. The van der Waals surface area contributed by atoms with E-state index in [1.807, 2.05) is 30.3 Å². The van der Waals surface area contributed by atoms with Gasteiger partial charge in [0.1, 0.15) is 17.4 Å². The largest absolute Gasteiger partial charge is 0.332 e. The molecule has 10 heteroatoms. The molecule has 3 heterocycles. The van der Waals surface area contributed by atoms with E-state index in [9.17, 15) is 19.2 Å². The minimum absolute atomic E-state index is 0.104. The Morgan fingerprint density at radius 2 is 1.81 bits per heavy atom. The summed E-state index contributed by atoms with van der Waals surface area (Å²) in [4.78, 5) is 53.6. The molecule has 0 saturated heterocycles. The van der Waals surface area contributed by atoms with E-state index >= 15 is 0 Å². The number of carbonyl (C=O) groups is 2. The molecule has 1 amide bonds. The summed E-state index contributed by atoms with van der Waals surface area (Å²) in [7, 11) is 2.89. The number of aromatic nitrogens is 3. The standard InChI is InChI=1S/C21H20N6O4/c1-12(28)17-10-16(24-27(17)14-7-5-4-6-8-14)19(29)23-13-9-15-18(22-11-13)25(2)21(31)26(3)20(15)30/h4-9,11,17H,10H2,1-3H3,(H,23,29). The molecule has 10 nitrogen and oxygen atoms in total. The highest BCUT2D eigenvalue weighted by molar-refractivity contribution is 6.44. The number of aryl methyl sites for hydroxylation is 1. The molecule has 0 aliphatic carbocycles. The summed E-state index contributed by atoms with van der Waals surface area (Å²) in [6.07, 6.45) is 1.53. The lowest BCUT2D eigenvalue weighted by atomic mass is 10.1. The zero-order valence-corrected chi connectivity index (χ0v) is 17.2. The van der Waals surface area contributed by atoms with E-state index in [1.54, 1.807) is 5.01 Å². The van der Waals surface area contributed by atoms with Gasteiger partial charge in [-0.2, -0.15) is 5.10 Å². The van der Waals surface area contributed by atoms with Gasteiger partial charge in [-0.3, -0.25) is 28.5 Å². The van der Waals surface area contributed by atoms with E-state index in [0.717, 1.165) is 4.57 Å². The number of rotatable bonds is 4. The fraction of sp³-hybridized carbons (Fsp3) is 0.238. The maximum atomic E-state index is 12.8. The second-order valence-corrected chi connectivity index (χ2v) is 7.31. The molecule has 1 aliphatic heterocycles. The van der Waals surface area contributed by atoms with E-state index in [2.05, 4.69) is 15.4 Å². The number of nitrogens with one attached hydrogen (secondary N) is 1. The Morgan fingerprint density at radius 1 is 1.10 bits per heavy atom. The number of para-hydroxylation sites is 1. The van der Waals surface area contributed by atoms with Gasteiger partial charge in [0.25, 0.3) is 11.5 Å². The van der Waals surface area contributed by atoms with Crippen molar-refractivity contribution < 1.29 is 9.59 Å². The van der Waals surface area contributed by atoms with Crippen molar-refractivity contribution in [1.82, 2.24) is 14.1 Å². The van der Waals surface area contributed by atoms with Crippen molar-refractivity contribution in [3.05, 3.63) is 63.4 Å². The lowest BCUT2D eigenvalue weighted by molar-refractivity contribution is -0.118. The monoisotopic (exact) mass is 420 g/mol. The van der Waals surface area contributed by atoms with Crippen molar-refractivity contribution in [3.8, 4) is 0 Å². The summed E-state index contributed by atoms with van der Waals surface area (Å²) >= 11 is 0. The van der Waals surface area contributed by atoms with Gasteiger partial charge in [0.15, 0.2) is 5.78 Å². The smallest absolute Gasteiger partial charge is 0.319 e. The summed E-state index contributed by atoms with van der Waals surface area (Å²) in [6.45, 7) is 1.46. The molecule has 0 spiro atoms. The number of carbonyl (C=O) groups excluding carboxylic acids is 2. The summed E-state index contributed by atoms with van der Waals surface area (Å²) in [6, 6.07) is 10.0. The molecule has 0 fully saturated rings. The van der Waals surface area contributed by atoms with Crippen LogP contribution in [-0.4, -0.2) is 37.6 Å². The molecule has 31 heavy (non-hydrogen) atoms. The van der Waals surface area contributed by atoms with E-state index in [-0.39, 0.29) is 34.6 Å². The first-order chi connectivity index (χ1) is 14.8. The lowest BCUT2D eigenvalue weighted by Gasteiger charge is -2.20. The molecule has 0 saturated carbocycles. The number of pyridine rings is 1. The molecule has 1 atom stereocenters. The number of anilines is 2. The fourth-order valence-electron chi connectivity index (χ4n) is 3.52. The van der Waals surface area contributed by atoms with Crippen LogP contribution in [-0.2, 0) is 23.7 Å². The number of amides is 1. The fourth-order valence-corrected chi connectivity index (χ4v) is 3.52. The number of fused-ring (bicyclic) bond motifs is 1. The number of hydrogen-bond acceptors (Lipinski definition) is 7. The number of benzene rings is 1. The Bertz CT molecular complexity index is 1360. The van der Waals surface area contributed by atoms with Crippen LogP contribution < -0.4 is 21.6 Å². The first-order valence-electron chi connectivity index (χ1n) is 9.57. The van der Waals surface area contributed by atoms with Gasteiger partial charge in [-0.15, -0.1) is 0 Å². The Morgan fingerprint density at radius 3 is 2.48 bits per heavy atom. The number of ketones is 1. The van der Waals surface area contributed by atoms with Crippen LogP contribution in [0, 0.1) is 0 Å². The molecule has 1 aliphatic rings. The van der Waals surface area contributed by atoms with Crippen molar-refractivity contribution in [1.29, 1.82) is 0 Å². The van der Waals surface area contributed by atoms with Gasteiger partial charge in [0, 0.05) is 20.5 Å². The predicted molar refractivity (Wildman–Crippen MR) is 116 cm³/mol. The minimum atomic E-state index is -0.570. The third-order valence-electron chi connectivity index (χ3n) is 5.21. The highest BCUT2D eigenvalue weighted by atomic mass is 16.2. The third kappa shape index (κ3) is 3.52. The van der Waals surface area contributed by atoms with Crippen LogP contribution >= 0.6 is 0 Å².